The highest BCUT2D eigenvalue weighted by Crippen LogP contribution is 2.19. The van der Waals surface area contributed by atoms with Gasteiger partial charge in [-0.25, -0.2) is 0 Å². The van der Waals surface area contributed by atoms with Crippen molar-refractivity contribution < 1.29 is 29.7 Å². The van der Waals surface area contributed by atoms with Gasteiger partial charge in [-0.2, -0.15) is 0 Å². The Balaban J connectivity index is -0.000000122. The van der Waals surface area contributed by atoms with E-state index in [1.807, 2.05) is 61.5 Å². The van der Waals surface area contributed by atoms with E-state index in [9.17, 15) is 19.5 Å². The van der Waals surface area contributed by atoms with E-state index in [0.29, 0.717) is 11.1 Å². The monoisotopic (exact) mass is 466 g/mol. The van der Waals surface area contributed by atoms with Crippen molar-refractivity contribution in [3.63, 3.8) is 0 Å². The lowest BCUT2D eigenvalue weighted by Crippen LogP contribution is -2.00. The molecule has 0 fully saturated rings. The van der Waals surface area contributed by atoms with Crippen molar-refractivity contribution in [2.45, 2.75) is 82.1 Å². The van der Waals surface area contributed by atoms with Gasteiger partial charge < -0.3 is 15.3 Å². The van der Waals surface area contributed by atoms with Crippen LogP contribution in [0.4, 0.5) is 0 Å². The summed E-state index contributed by atoms with van der Waals surface area (Å²) in [4.78, 5) is 30.6. The second kappa shape index (κ2) is 33.5. The molecule has 0 aliphatic heterocycles. The standard InChI is InChI=1S/C13H10O2.2C3H6O2.4C2H6/c14-12-9-5-4-8-11(12)13(15)10-6-2-1-3-7-10;2*1-2-3(4)5;4*1-2/h1-9,14H;2*2H2,1H3,(H,4,5);4*1-2H3. The topological polar surface area (TPSA) is 112 Å². The van der Waals surface area contributed by atoms with Crippen molar-refractivity contribution in [2.75, 3.05) is 0 Å². The van der Waals surface area contributed by atoms with Crippen LogP contribution in [0.25, 0.3) is 0 Å². The molecular weight excluding hydrogens is 420 g/mol. The first kappa shape index (κ1) is 40.2. The number of carboxylic acids is 2. The third-order valence-corrected chi connectivity index (χ3v) is 2.79. The van der Waals surface area contributed by atoms with Gasteiger partial charge in [-0.15, -0.1) is 0 Å². The van der Waals surface area contributed by atoms with Crippen LogP contribution in [0.5, 0.6) is 5.75 Å². The van der Waals surface area contributed by atoms with Gasteiger partial charge in [-0.1, -0.05) is 112 Å². The number of hydrogen-bond acceptors (Lipinski definition) is 4. The quantitative estimate of drug-likeness (QED) is 0.398. The first-order chi connectivity index (χ1) is 15.8. The van der Waals surface area contributed by atoms with Gasteiger partial charge in [0.1, 0.15) is 5.75 Å². The van der Waals surface area contributed by atoms with Crippen molar-refractivity contribution in [1.82, 2.24) is 0 Å². The zero-order valence-electron chi connectivity index (χ0n) is 22.2. The highest BCUT2D eigenvalue weighted by Gasteiger charge is 2.11. The lowest BCUT2D eigenvalue weighted by molar-refractivity contribution is -0.137. The average Bonchev–Trinajstić information content (AvgIpc) is 2.90. The molecule has 3 N–H and O–H groups in total. The molecule has 0 bridgehead atoms. The molecule has 0 atom stereocenters. The highest BCUT2D eigenvalue weighted by atomic mass is 16.4. The van der Waals surface area contributed by atoms with E-state index in [1.54, 1.807) is 56.3 Å². The molecule has 0 aromatic heterocycles. The minimum absolute atomic E-state index is 0.0198. The van der Waals surface area contributed by atoms with Crippen molar-refractivity contribution >= 4 is 17.7 Å². The summed E-state index contributed by atoms with van der Waals surface area (Å²) in [6.07, 6.45) is 0.444. The molecule has 2 rings (SSSR count). The minimum Gasteiger partial charge on any atom is -0.507 e. The normalized spacial score (nSPS) is 7.45. The molecule has 6 heteroatoms. The van der Waals surface area contributed by atoms with E-state index in [1.165, 1.54) is 6.07 Å². The molecule has 6 nitrogen and oxygen atoms in total. The summed E-state index contributed by atoms with van der Waals surface area (Å²) in [6, 6.07) is 15.5. The Kier molecular flexibility index (Phi) is 40.8. The van der Waals surface area contributed by atoms with Gasteiger partial charge in [0.05, 0.1) is 5.56 Å². The molecule has 0 unspecified atom stereocenters. The summed E-state index contributed by atoms with van der Waals surface area (Å²) in [7, 11) is 0. The van der Waals surface area contributed by atoms with E-state index < -0.39 is 11.9 Å². The number of aromatic hydroxyl groups is 1. The fourth-order valence-corrected chi connectivity index (χ4v) is 1.41. The van der Waals surface area contributed by atoms with Crippen LogP contribution in [0.3, 0.4) is 0 Å². The van der Waals surface area contributed by atoms with Crippen LogP contribution in [0.15, 0.2) is 54.6 Å². The molecule has 0 spiro atoms. The zero-order valence-corrected chi connectivity index (χ0v) is 22.2. The van der Waals surface area contributed by atoms with Gasteiger partial charge in [0.2, 0.25) is 0 Å². The lowest BCUT2D eigenvalue weighted by Gasteiger charge is -2.02. The Morgan fingerprint density at radius 2 is 0.909 bits per heavy atom. The number of rotatable bonds is 4. The number of benzene rings is 2. The Morgan fingerprint density at radius 1 is 0.606 bits per heavy atom. The van der Waals surface area contributed by atoms with E-state index >= 15 is 0 Å². The second-order valence-electron chi connectivity index (χ2n) is 4.71. The van der Waals surface area contributed by atoms with Crippen LogP contribution in [-0.2, 0) is 9.59 Å². The van der Waals surface area contributed by atoms with E-state index in [-0.39, 0.29) is 24.4 Å². The van der Waals surface area contributed by atoms with Crippen molar-refractivity contribution in [3.05, 3.63) is 65.7 Å². The number of hydrogen-bond donors (Lipinski definition) is 3. The molecule has 2 aromatic rings. The molecule has 0 saturated heterocycles. The third kappa shape index (κ3) is 26.8. The summed E-state index contributed by atoms with van der Waals surface area (Å²) < 4.78 is 0. The highest BCUT2D eigenvalue weighted by molar-refractivity contribution is 6.10. The van der Waals surface area contributed by atoms with Crippen LogP contribution in [-0.4, -0.2) is 33.0 Å². The maximum atomic E-state index is 11.9. The maximum Gasteiger partial charge on any atom is 0.303 e. The van der Waals surface area contributed by atoms with Crippen LogP contribution in [0.1, 0.15) is 98.0 Å². The molecule has 190 valence electrons. The Bertz CT molecular complexity index is 668. The Labute approximate surface area is 201 Å². The fraction of sp³-hybridized carbons (Fsp3) is 0.444. The number of ketones is 1. The predicted octanol–water partition coefficient (Wildman–Crippen LogP) is 7.69. The van der Waals surface area contributed by atoms with Gasteiger partial charge >= 0.3 is 11.9 Å². The third-order valence-electron chi connectivity index (χ3n) is 2.79. The van der Waals surface area contributed by atoms with Crippen LogP contribution < -0.4 is 0 Å². The summed E-state index contributed by atoms with van der Waals surface area (Å²) in [6.45, 7) is 19.2. The molecule has 0 aliphatic rings. The van der Waals surface area contributed by atoms with Crippen molar-refractivity contribution in [1.29, 1.82) is 0 Å². The minimum atomic E-state index is -0.745. The van der Waals surface area contributed by atoms with E-state index in [0.717, 1.165) is 0 Å². The summed E-state index contributed by atoms with van der Waals surface area (Å²) in [5, 5.41) is 25.0. The number of phenols is 1. The fourth-order valence-electron chi connectivity index (χ4n) is 1.41. The van der Waals surface area contributed by atoms with Crippen LogP contribution >= 0.6 is 0 Å². The molecule has 33 heavy (non-hydrogen) atoms. The molecule has 0 saturated carbocycles. The molecule has 0 heterocycles. The van der Waals surface area contributed by atoms with Crippen LogP contribution in [0.2, 0.25) is 0 Å². The average molecular weight is 467 g/mol. The number of carbonyl (C=O) groups is 3. The molecule has 0 amide bonds. The number of carboxylic acid groups (broad SMARTS) is 2. The zero-order chi connectivity index (χ0) is 27.2. The second-order valence-corrected chi connectivity index (χ2v) is 4.71. The number of aliphatic carboxylic acids is 2. The summed E-state index contributed by atoms with van der Waals surface area (Å²) >= 11 is 0. The lowest BCUT2D eigenvalue weighted by atomic mass is 10.0. The van der Waals surface area contributed by atoms with Gasteiger partial charge in [-0.3, -0.25) is 14.4 Å². The smallest absolute Gasteiger partial charge is 0.303 e. The summed E-state index contributed by atoms with van der Waals surface area (Å²) in [5.74, 6) is -1.63. The van der Waals surface area contributed by atoms with Crippen LogP contribution in [0, 0.1) is 0 Å². The first-order valence-corrected chi connectivity index (χ1v) is 11.6. The Hall–Kier alpha value is -3.15. The number of carbonyl (C=O) groups excluding carboxylic acids is 1. The van der Waals surface area contributed by atoms with Crippen molar-refractivity contribution in [3.8, 4) is 5.75 Å². The number of phenolic OH excluding ortho intramolecular Hbond substituents is 1. The molecule has 0 aliphatic carbocycles. The van der Waals surface area contributed by atoms with Gasteiger partial charge in [0.25, 0.3) is 0 Å². The summed E-state index contributed by atoms with van der Waals surface area (Å²) in [5.41, 5.74) is 0.919. The van der Waals surface area contributed by atoms with Crippen molar-refractivity contribution in [2.24, 2.45) is 0 Å². The SMILES string of the molecule is CC.CC.CC.CC.CCC(=O)O.CCC(=O)O.O=C(c1ccccc1)c1ccccc1O. The largest absolute Gasteiger partial charge is 0.507 e. The molecule has 2 aromatic carbocycles. The van der Waals surface area contributed by atoms with Gasteiger partial charge in [-0.05, 0) is 12.1 Å². The van der Waals surface area contributed by atoms with E-state index in [4.69, 9.17) is 10.2 Å². The van der Waals surface area contributed by atoms with Gasteiger partial charge in [0, 0.05) is 18.4 Å². The molecule has 0 radical (unpaired) electrons. The Morgan fingerprint density at radius 3 is 1.21 bits per heavy atom. The predicted molar refractivity (Wildman–Crippen MR) is 139 cm³/mol. The maximum absolute atomic E-state index is 11.9. The van der Waals surface area contributed by atoms with Gasteiger partial charge in [0.15, 0.2) is 5.78 Å². The molecular formula is C27H46O6. The number of para-hydroxylation sites is 1. The first-order valence-electron chi connectivity index (χ1n) is 11.6. The van der Waals surface area contributed by atoms with E-state index in [2.05, 4.69) is 0 Å².